The number of carbonyl (C=O) groups excluding carboxylic acids is 2. The predicted molar refractivity (Wildman–Crippen MR) is 124 cm³/mol. The smallest absolute Gasteiger partial charge is 0.342 e. The molecule has 0 aliphatic carbocycles. The van der Waals surface area contributed by atoms with Crippen LogP contribution in [0.3, 0.4) is 0 Å². The first kappa shape index (κ1) is 22.9. The maximum absolute atomic E-state index is 13.3. The molecule has 8 nitrogen and oxygen atoms in total. The van der Waals surface area contributed by atoms with Crippen LogP contribution in [-0.2, 0) is 9.53 Å². The number of rotatable bonds is 5. The van der Waals surface area contributed by atoms with Crippen LogP contribution in [0.15, 0.2) is 42.5 Å². The molecule has 182 valence electrons. The molecule has 3 heterocycles. The Labute approximate surface area is 202 Å². The van der Waals surface area contributed by atoms with Crippen molar-refractivity contribution < 1.29 is 28.2 Å². The van der Waals surface area contributed by atoms with E-state index in [0.717, 1.165) is 18.4 Å². The molecule has 3 aromatic rings. The van der Waals surface area contributed by atoms with Crippen LogP contribution in [0.1, 0.15) is 46.2 Å². The van der Waals surface area contributed by atoms with Crippen LogP contribution in [0.4, 0.5) is 4.39 Å². The molecule has 2 aromatic carbocycles. The molecule has 9 heteroatoms. The van der Waals surface area contributed by atoms with Crippen LogP contribution in [0.5, 0.6) is 11.5 Å². The molecular formula is C26H26FN3O5. The third kappa shape index (κ3) is 4.45. The lowest BCUT2D eigenvalue weighted by Gasteiger charge is -2.26. The van der Waals surface area contributed by atoms with Crippen LogP contribution in [-0.4, -0.2) is 52.9 Å². The van der Waals surface area contributed by atoms with Gasteiger partial charge in [0.1, 0.15) is 24.6 Å². The van der Waals surface area contributed by atoms with Gasteiger partial charge in [-0.05, 0) is 68.7 Å². The highest BCUT2D eigenvalue weighted by molar-refractivity contribution is 5.93. The largest absolute Gasteiger partial charge is 0.486 e. The Bertz CT molecular complexity index is 1270. The van der Waals surface area contributed by atoms with E-state index in [-0.39, 0.29) is 24.4 Å². The quantitative estimate of drug-likeness (QED) is 0.516. The van der Waals surface area contributed by atoms with Crippen LogP contribution in [0.2, 0.25) is 0 Å². The Balaban J connectivity index is 1.27. The predicted octanol–water partition coefficient (Wildman–Crippen LogP) is 3.92. The zero-order chi connectivity index (χ0) is 24.5. The van der Waals surface area contributed by atoms with E-state index in [1.807, 2.05) is 18.2 Å². The van der Waals surface area contributed by atoms with Gasteiger partial charge in [-0.1, -0.05) is 6.07 Å². The molecular weight excluding hydrogens is 453 g/mol. The molecule has 1 saturated heterocycles. The van der Waals surface area contributed by atoms with E-state index < -0.39 is 5.97 Å². The molecule has 1 fully saturated rings. The number of hydrogen-bond donors (Lipinski definition) is 0. The van der Waals surface area contributed by atoms with E-state index in [4.69, 9.17) is 14.2 Å². The SMILES string of the molecule is Cc1nn(-c2ccc(F)cc2)c(C)c1C(=O)OCC(=O)N1CCC[C@H]1c1ccc2c(c1)OCCO2. The van der Waals surface area contributed by atoms with Gasteiger partial charge in [0.2, 0.25) is 0 Å². The summed E-state index contributed by atoms with van der Waals surface area (Å²) in [6.45, 7) is 4.68. The van der Waals surface area contributed by atoms with Crippen LogP contribution in [0.25, 0.3) is 5.69 Å². The number of nitrogens with zero attached hydrogens (tertiary/aromatic N) is 3. The van der Waals surface area contributed by atoms with Gasteiger partial charge in [0.25, 0.3) is 5.91 Å². The minimum atomic E-state index is -0.614. The zero-order valence-corrected chi connectivity index (χ0v) is 19.6. The minimum Gasteiger partial charge on any atom is -0.486 e. The summed E-state index contributed by atoms with van der Waals surface area (Å²) in [6.07, 6.45) is 1.68. The van der Waals surface area contributed by atoms with Gasteiger partial charge in [-0.3, -0.25) is 4.79 Å². The number of hydrogen-bond acceptors (Lipinski definition) is 6. The van der Waals surface area contributed by atoms with E-state index in [2.05, 4.69) is 5.10 Å². The summed E-state index contributed by atoms with van der Waals surface area (Å²) in [5.74, 6) is 0.166. The summed E-state index contributed by atoms with van der Waals surface area (Å²) < 4.78 is 31.5. The second-order valence-electron chi connectivity index (χ2n) is 8.66. The lowest BCUT2D eigenvalue weighted by molar-refractivity contribution is -0.135. The monoisotopic (exact) mass is 479 g/mol. The molecule has 0 saturated carbocycles. The first-order valence-electron chi connectivity index (χ1n) is 11.6. The van der Waals surface area contributed by atoms with Crippen molar-refractivity contribution in [1.29, 1.82) is 0 Å². The number of halogens is 1. The fourth-order valence-corrected chi connectivity index (χ4v) is 4.73. The van der Waals surface area contributed by atoms with Crippen molar-refractivity contribution in [2.24, 2.45) is 0 Å². The van der Waals surface area contributed by atoms with Gasteiger partial charge in [-0.15, -0.1) is 0 Å². The average Bonchev–Trinajstić information content (AvgIpc) is 3.47. The fraction of sp³-hybridized carbons (Fsp3) is 0.346. The highest BCUT2D eigenvalue weighted by Crippen LogP contribution is 2.38. The van der Waals surface area contributed by atoms with Crippen molar-refractivity contribution in [1.82, 2.24) is 14.7 Å². The summed E-state index contributed by atoms with van der Waals surface area (Å²) in [6, 6.07) is 11.5. The molecule has 1 amide bonds. The Kier molecular flexibility index (Phi) is 6.15. The van der Waals surface area contributed by atoms with Crippen LogP contribution < -0.4 is 9.47 Å². The van der Waals surface area contributed by atoms with Crippen LogP contribution in [0, 0.1) is 19.7 Å². The normalized spacial score (nSPS) is 16.9. The van der Waals surface area contributed by atoms with E-state index in [1.54, 1.807) is 35.6 Å². The van der Waals surface area contributed by atoms with Crippen molar-refractivity contribution in [3.8, 4) is 17.2 Å². The summed E-state index contributed by atoms with van der Waals surface area (Å²) >= 11 is 0. The molecule has 1 aromatic heterocycles. The van der Waals surface area contributed by atoms with Crippen LogP contribution >= 0.6 is 0 Å². The molecule has 5 rings (SSSR count). The molecule has 0 spiro atoms. The molecule has 0 bridgehead atoms. The molecule has 0 N–H and O–H groups in total. The standard InChI is InChI=1S/C26H26FN3O5/c1-16-25(17(2)30(28-16)20-8-6-19(27)7-9-20)26(32)35-15-24(31)29-11-3-4-21(29)18-5-10-22-23(14-18)34-13-12-33-22/h5-10,14,21H,3-4,11-13,15H2,1-2H3/t21-/m0/s1. The van der Waals surface area contributed by atoms with Gasteiger partial charge in [-0.2, -0.15) is 5.10 Å². The number of likely N-dealkylation sites (tertiary alicyclic amines) is 1. The third-order valence-electron chi connectivity index (χ3n) is 6.42. The fourth-order valence-electron chi connectivity index (χ4n) is 4.73. The molecule has 0 unspecified atom stereocenters. The first-order valence-corrected chi connectivity index (χ1v) is 11.6. The first-order chi connectivity index (χ1) is 16.9. The third-order valence-corrected chi connectivity index (χ3v) is 6.42. The molecule has 0 radical (unpaired) electrons. The van der Waals surface area contributed by atoms with Crippen molar-refractivity contribution in [2.75, 3.05) is 26.4 Å². The second kappa shape index (κ2) is 9.40. The van der Waals surface area contributed by atoms with E-state index >= 15 is 0 Å². The summed E-state index contributed by atoms with van der Waals surface area (Å²) in [7, 11) is 0. The maximum atomic E-state index is 13.3. The Hall–Kier alpha value is -3.88. The van der Waals surface area contributed by atoms with Crippen molar-refractivity contribution in [3.05, 3.63) is 70.8 Å². The van der Waals surface area contributed by atoms with Crippen molar-refractivity contribution >= 4 is 11.9 Å². The number of fused-ring (bicyclic) bond motifs is 1. The summed E-state index contributed by atoms with van der Waals surface area (Å²) in [5, 5.41) is 4.40. The lowest BCUT2D eigenvalue weighted by Crippen LogP contribution is -2.34. The van der Waals surface area contributed by atoms with Gasteiger partial charge in [0.15, 0.2) is 18.1 Å². The van der Waals surface area contributed by atoms with Gasteiger partial charge in [0, 0.05) is 6.54 Å². The molecule has 2 aliphatic rings. The molecule has 1 atom stereocenters. The number of carbonyl (C=O) groups is 2. The van der Waals surface area contributed by atoms with Crippen molar-refractivity contribution in [3.63, 3.8) is 0 Å². The summed E-state index contributed by atoms with van der Waals surface area (Å²) in [4.78, 5) is 27.6. The molecule has 2 aliphatic heterocycles. The summed E-state index contributed by atoms with van der Waals surface area (Å²) in [5.41, 5.74) is 2.92. The topological polar surface area (TPSA) is 82.9 Å². The number of aromatic nitrogens is 2. The Morgan fingerprint density at radius 3 is 2.60 bits per heavy atom. The number of esters is 1. The van der Waals surface area contributed by atoms with Crippen molar-refractivity contribution in [2.45, 2.75) is 32.7 Å². The highest BCUT2D eigenvalue weighted by atomic mass is 19.1. The van der Waals surface area contributed by atoms with Gasteiger partial charge >= 0.3 is 5.97 Å². The average molecular weight is 480 g/mol. The lowest BCUT2D eigenvalue weighted by atomic mass is 10.0. The van der Waals surface area contributed by atoms with E-state index in [9.17, 15) is 14.0 Å². The number of benzene rings is 2. The van der Waals surface area contributed by atoms with E-state index in [0.29, 0.717) is 53.9 Å². The number of aryl methyl sites for hydroxylation is 1. The maximum Gasteiger partial charge on any atom is 0.342 e. The number of amides is 1. The number of ether oxygens (including phenoxy) is 3. The zero-order valence-electron chi connectivity index (χ0n) is 19.6. The minimum absolute atomic E-state index is 0.110. The van der Waals surface area contributed by atoms with Gasteiger partial charge in [0.05, 0.1) is 23.1 Å². The molecule has 35 heavy (non-hydrogen) atoms. The van der Waals surface area contributed by atoms with Gasteiger partial charge in [-0.25, -0.2) is 13.9 Å². The Morgan fingerprint density at radius 1 is 1.09 bits per heavy atom. The second-order valence-corrected chi connectivity index (χ2v) is 8.66. The van der Waals surface area contributed by atoms with E-state index in [1.165, 1.54) is 12.1 Å². The Morgan fingerprint density at radius 2 is 1.83 bits per heavy atom. The highest BCUT2D eigenvalue weighted by Gasteiger charge is 2.32. The van der Waals surface area contributed by atoms with Gasteiger partial charge < -0.3 is 19.1 Å².